The van der Waals surface area contributed by atoms with Crippen LogP contribution in [0, 0.1) is 0 Å². The number of nitrogens with two attached hydrogens (primary N) is 1. The van der Waals surface area contributed by atoms with E-state index in [1.807, 2.05) is 13.8 Å². The fraction of sp³-hybridized carbons (Fsp3) is 0.700. The van der Waals surface area contributed by atoms with Crippen molar-refractivity contribution in [2.24, 2.45) is 5.73 Å². The molecule has 1 unspecified atom stereocenters. The summed E-state index contributed by atoms with van der Waals surface area (Å²) in [6.45, 7) is 4.71. The Morgan fingerprint density at radius 1 is 1.60 bits per heavy atom. The smallest absolute Gasteiger partial charge is 0.157 e. The summed E-state index contributed by atoms with van der Waals surface area (Å²) in [6.07, 6.45) is 3.42. The SMILES string of the molecule is CCCC(N)C(=O)Cc1ncnn1CC. The lowest BCUT2D eigenvalue weighted by Crippen LogP contribution is -2.32. The lowest BCUT2D eigenvalue weighted by Gasteiger charge is -2.08. The number of carbonyl (C=O) groups excluding carboxylic acids is 1. The van der Waals surface area contributed by atoms with E-state index in [9.17, 15) is 4.79 Å². The van der Waals surface area contributed by atoms with E-state index in [4.69, 9.17) is 5.73 Å². The van der Waals surface area contributed by atoms with E-state index in [0.717, 1.165) is 19.4 Å². The van der Waals surface area contributed by atoms with Gasteiger partial charge in [-0.15, -0.1) is 0 Å². The minimum Gasteiger partial charge on any atom is -0.321 e. The second kappa shape index (κ2) is 5.60. The molecule has 5 heteroatoms. The van der Waals surface area contributed by atoms with Crippen LogP contribution in [-0.2, 0) is 17.8 Å². The van der Waals surface area contributed by atoms with Crippen LogP contribution in [0.1, 0.15) is 32.5 Å². The van der Waals surface area contributed by atoms with E-state index in [-0.39, 0.29) is 18.2 Å². The minimum atomic E-state index is -0.364. The molecule has 0 bridgehead atoms. The Morgan fingerprint density at radius 3 is 2.93 bits per heavy atom. The zero-order chi connectivity index (χ0) is 11.3. The van der Waals surface area contributed by atoms with Gasteiger partial charge in [0.1, 0.15) is 12.2 Å². The first kappa shape index (κ1) is 11.8. The Hall–Kier alpha value is -1.23. The predicted molar refractivity (Wildman–Crippen MR) is 57.3 cm³/mol. The number of nitrogens with zero attached hydrogens (tertiary/aromatic N) is 3. The van der Waals surface area contributed by atoms with Gasteiger partial charge in [0.05, 0.1) is 12.5 Å². The fourth-order valence-corrected chi connectivity index (χ4v) is 1.45. The lowest BCUT2D eigenvalue weighted by molar-refractivity contribution is -0.119. The third-order valence-corrected chi connectivity index (χ3v) is 2.34. The van der Waals surface area contributed by atoms with Crippen molar-refractivity contribution in [1.82, 2.24) is 14.8 Å². The Labute approximate surface area is 89.7 Å². The van der Waals surface area contributed by atoms with Gasteiger partial charge in [-0.2, -0.15) is 5.10 Å². The topological polar surface area (TPSA) is 73.8 Å². The normalized spacial score (nSPS) is 12.7. The maximum atomic E-state index is 11.7. The van der Waals surface area contributed by atoms with E-state index in [0.29, 0.717) is 5.82 Å². The van der Waals surface area contributed by atoms with Crippen LogP contribution < -0.4 is 5.73 Å². The highest BCUT2D eigenvalue weighted by Crippen LogP contribution is 2.01. The van der Waals surface area contributed by atoms with E-state index in [1.165, 1.54) is 6.33 Å². The van der Waals surface area contributed by atoms with Gasteiger partial charge >= 0.3 is 0 Å². The molecule has 0 aliphatic heterocycles. The van der Waals surface area contributed by atoms with Crippen LogP contribution >= 0.6 is 0 Å². The lowest BCUT2D eigenvalue weighted by atomic mass is 10.1. The maximum absolute atomic E-state index is 11.7. The monoisotopic (exact) mass is 210 g/mol. The molecule has 5 nitrogen and oxygen atoms in total. The summed E-state index contributed by atoms with van der Waals surface area (Å²) in [4.78, 5) is 15.7. The average Bonchev–Trinajstić information content (AvgIpc) is 2.65. The van der Waals surface area contributed by atoms with Crippen molar-refractivity contribution in [2.75, 3.05) is 0 Å². The molecule has 0 fully saturated rings. The first-order valence-corrected chi connectivity index (χ1v) is 5.34. The highest BCUT2D eigenvalue weighted by Gasteiger charge is 2.15. The fourth-order valence-electron chi connectivity index (χ4n) is 1.45. The van der Waals surface area contributed by atoms with Crippen LogP contribution in [0.5, 0.6) is 0 Å². The number of aromatic nitrogens is 3. The Balaban J connectivity index is 2.58. The third-order valence-electron chi connectivity index (χ3n) is 2.34. The first-order valence-electron chi connectivity index (χ1n) is 5.34. The number of ketones is 1. The second-order valence-corrected chi connectivity index (χ2v) is 3.53. The number of hydrogen-bond donors (Lipinski definition) is 1. The molecule has 1 atom stereocenters. The predicted octanol–water partition coefficient (Wildman–Crippen LogP) is 0.537. The van der Waals surface area contributed by atoms with Crippen molar-refractivity contribution >= 4 is 5.78 Å². The Morgan fingerprint density at radius 2 is 2.33 bits per heavy atom. The van der Waals surface area contributed by atoms with Crippen molar-refractivity contribution < 1.29 is 4.79 Å². The third kappa shape index (κ3) is 3.13. The molecule has 0 radical (unpaired) electrons. The van der Waals surface area contributed by atoms with Gasteiger partial charge in [-0.3, -0.25) is 4.79 Å². The minimum absolute atomic E-state index is 0.0413. The summed E-state index contributed by atoms with van der Waals surface area (Å²) < 4.78 is 1.72. The number of hydrogen-bond acceptors (Lipinski definition) is 4. The van der Waals surface area contributed by atoms with Crippen LogP contribution in [-0.4, -0.2) is 26.6 Å². The molecule has 0 aliphatic rings. The zero-order valence-corrected chi connectivity index (χ0v) is 9.31. The van der Waals surface area contributed by atoms with Crippen LogP contribution in [0.4, 0.5) is 0 Å². The summed E-state index contributed by atoms with van der Waals surface area (Å²) in [6, 6.07) is -0.364. The molecule has 0 aliphatic carbocycles. The Bertz CT molecular complexity index is 321. The van der Waals surface area contributed by atoms with Gasteiger partial charge in [0, 0.05) is 6.54 Å². The van der Waals surface area contributed by atoms with Gasteiger partial charge in [-0.1, -0.05) is 13.3 Å². The molecule has 2 N–H and O–H groups in total. The van der Waals surface area contributed by atoms with E-state index < -0.39 is 0 Å². The average molecular weight is 210 g/mol. The molecule has 0 saturated heterocycles. The van der Waals surface area contributed by atoms with Crippen LogP contribution in [0.25, 0.3) is 0 Å². The van der Waals surface area contributed by atoms with Crippen molar-refractivity contribution in [3.63, 3.8) is 0 Å². The number of rotatable bonds is 6. The molecule has 0 amide bonds. The molecule has 0 aromatic carbocycles. The van der Waals surface area contributed by atoms with E-state index in [2.05, 4.69) is 10.1 Å². The highest BCUT2D eigenvalue weighted by molar-refractivity contribution is 5.85. The van der Waals surface area contributed by atoms with Crippen LogP contribution in [0.15, 0.2) is 6.33 Å². The summed E-state index contributed by atoms with van der Waals surface area (Å²) in [5, 5.41) is 4.01. The van der Waals surface area contributed by atoms with Crippen molar-refractivity contribution in [2.45, 2.75) is 45.7 Å². The van der Waals surface area contributed by atoms with Gasteiger partial charge in [0.2, 0.25) is 0 Å². The molecule has 1 aromatic rings. The molecule has 0 spiro atoms. The molecule has 0 saturated carbocycles. The second-order valence-electron chi connectivity index (χ2n) is 3.53. The maximum Gasteiger partial charge on any atom is 0.157 e. The van der Waals surface area contributed by atoms with E-state index >= 15 is 0 Å². The number of Topliss-reactive ketones (excluding diaryl/α,β-unsaturated/α-hetero) is 1. The summed E-state index contributed by atoms with van der Waals surface area (Å²) in [7, 11) is 0. The summed E-state index contributed by atoms with van der Waals surface area (Å²) in [5.41, 5.74) is 5.73. The molecule has 84 valence electrons. The van der Waals surface area contributed by atoms with Gasteiger partial charge in [-0.05, 0) is 13.3 Å². The first-order chi connectivity index (χ1) is 7.19. The molecular formula is C10H18N4O. The molecule has 15 heavy (non-hydrogen) atoms. The standard InChI is InChI=1S/C10H18N4O/c1-3-5-8(11)9(15)6-10-12-7-13-14(10)4-2/h7-8H,3-6,11H2,1-2H3. The van der Waals surface area contributed by atoms with Gasteiger partial charge < -0.3 is 5.73 Å². The van der Waals surface area contributed by atoms with Crippen molar-refractivity contribution in [3.8, 4) is 0 Å². The molecule has 1 heterocycles. The molecule has 1 aromatic heterocycles. The number of aryl methyl sites for hydroxylation is 1. The summed E-state index contributed by atoms with van der Waals surface area (Å²) >= 11 is 0. The summed E-state index contributed by atoms with van der Waals surface area (Å²) in [5.74, 6) is 0.744. The van der Waals surface area contributed by atoms with Gasteiger partial charge in [0.25, 0.3) is 0 Å². The van der Waals surface area contributed by atoms with Crippen molar-refractivity contribution in [1.29, 1.82) is 0 Å². The van der Waals surface area contributed by atoms with Crippen LogP contribution in [0.2, 0.25) is 0 Å². The van der Waals surface area contributed by atoms with E-state index in [1.54, 1.807) is 4.68 Å². The number of carbonyl (C=O) groups is 1. The van der Waals surface area contributed by atoms with Crippen LogP contribution in [0.3, 0.4) is 0 Å². The van der Waals surface area contributed by atoms with Crippen molar-refractivity contribution in [3.05, 3.63) is 12.2 Å². The largest absolute Gasteiger partial charge is 0.321 e. The zero-order valence-electron chi connectivity index (χ0n) is 9.31. The Kier molecular flexibility index (Phi) is 4.42. The molecule has 1 rings (SSSR count). The molecular weight excluding hydrogens is 192 g/mol. The van der Waals surface area contributed by atoms with Gasteiger partial charge in [-0.25, -0.2) is 9.67 Å². The van der Waals surface area contributed by atoms with Gasteiger partial charge in [0.15, 0.2) is 5.78 Å². The highest BCUT2D eigenvalue weighted by atomic mass is 16.1. The quantitative estimate of drug-likeness (QED) is 0.743.